The predicted molar refractivity (Wildman–Crippen MR) is 137 cm³/mol. The smallest absolute Gasteiger partial charge is 0.368 e. The number of halogens is 3. The normalized spacial score (nSPS) is 31.1. The van der Waals surface area contributed by atoms with Gasteiger partial charge >= 0.3 is 6.18 Å². The van der Waals surface area contributed by atoms with E-state index in [2.05, 4.69) is 34.4 Å². The van der Waals surface area contributed by atoms with Crippen molar-refractivity contribution in [3.05, 3.63) is 66.4 Å². The van der Waals surface area contributed by atoms with Crippen molar-refractivity contribution < 1.29 is 18.0 Å². The second-order valence-electron chi connectivity index (χ2n) is 11.2. The molecule has 2 aromatic rings. The van der Waals surface area contributed by atoms with E-state index in [1.165, 1.54) is 18.6 Å². The largest absolute Gasteiger partial charge is 0.416 e. The van der Waals surface area contributed by atoms with Crippen LogP contribution in [-0.4, -0.2) is 55.1 Å². The van der Waals surface area contributed by atoms with E-state index < -0.39 is 11.7 Å². The number of carbonyl (C=O) groups is 1. The van der Waals surface area contributed by atoms with Gasteiger partial charge in [-0.25, -0.2) is 4.98 Å². The van der Waals surface area contributed by atoms with E-state index in [0.717, 1.165) is 48.6 Å². The fraction of sp³-hybridized carbons (Fsp3) is 0.517. The summed E-state index contributed by atoms with van der Waals surface area (Å²) in [4.78, 5) is 24.2. The summed E-state index contributed by atoms with van der Waals surface area (Å²) in [5.41, 5.74) is 0.782. The molecule has 6 rings (SSSR count). The Morgan fingerprint density at radius 2 is 1.62 bits per heavy atom. The van der Waals surface area contributed by atoms with E-state index in [9.17, 15) is 18.0 Å². The molecule has 6 atom stereocenters. The van der Waals surface area contributed by atoms with Gasteiger partial charge in [-0.05, 0) is 78.3 Å². The standard InChI is InChI=1S/C29H33F3N4O/c1-3-22-24-14-23(24)18(2)25-16-36(17-26(22)25)28(37)19-4-9-27(33-15-19)35-12-10-34(11-13-35)21-7-5-20(6-8-21)29(30,31)32/h3-9,15,18,22-26H,1,10-14,16-17H2,2H3. The number of nitrogens with zero attached hydrogens (tertiary/aromatic N) is 4. The minimum Gasteiger partial charge on any atom is -0.368 e. The minimum absolute atomic E-state index is 0.0595. The third-order valence-corrected chi connectivity index (χ3v) is 9.36. The van der Waals surface area contributed by atoms with Gasteiger partial charge in [0.05, 0.1) is 11.1 Å². The van der Waals surface area contributed by atoms with Crippen molar-refractivity contribution in [2.45, 2.75) is 19.5 Å². The van der Waals surface area contributed by atoms with Crippen LogP contribution in [0.1, 0.15) is 29.3 Å². The van der Waals surface area contributed by atoms with Crippen LogP contribution < -0.4 is 9.80 Å². The van der Waals surface area contributed by atoms with Gasteiger partial charge in [0, 0.05) is 51.2 Å². The van der Waals surface area contributed by atoms with Crippen LogP contribution in [0, 0.1) is 35.5 Å². The summed E-state index contributed by atoms with van der Waals surface area (Å²) in [5.74, 6) is 4.74. The van der Waals surface area contributed by atoms with Gasteiger partial charge in [0.1, 0.15) is 5.82 Å². The number of aromatic nitrogens is 1. The van der Waals surface area contributed by atoms with Gasteiger partial charge in [-0.2, -0.15) is 13.2 Å². The van der Waals surface area contributed by atoms with Crippen LogP contribution in [0.3, 0.4) is 0 Å². The van der Waals surface area contributed by atoms with E-state index in [-0.39, 0.29) is 5.91 Å². The summed E-state index contributed by atoms with van der Waals surface area (Å²) in [6.45, 7) is 10.9. The second-order valence-corrected chi connectivity index (χ2v) is 11.2. The Bertz CT molecular complexity index is 1160. The van der Waals surface area contributed by atoms with Gasteiger partial charge < -0.3 is 14.7 Å². The van der Waals surface area contributed by atoms with Crippen molar-refractivity contribution in [3.63, 3.8) is 0 Å². The summed E-state index contributed by atoms with van der Waals surface area (Å²) in [5, 5.41) is 0. The first-order chi connectivity index (χ1) is 17.7. The molecule has 2 saturated heterocycles. The molecular formula is C29H33F3N4O. The molecule has 1 aromatic carbocycles. The molecule has 37 heavy (non-hydrogen) atoms. The highest BCUT2D eigenvalue weighted by atomic mass is 19.4. The minimum atomic E-state index is -4.32. The predicted octanol–water partition coefficient (Wildman–Crippen LogP) is 5.20. The number of amides is 1. The molecule has 0 radical (unpaired) electrons. The number of benzene rings is 1. The Morgan fingerprint density at radius 1 is 0.946 bits per heavy atom. The molecule has 0 spiro atoms. The zero-order valence-corrected chi connectivity index (χ0v) is 21.1. The van der Waals surface area contributed by atoms with Gasteiger partial charge in [-0.15, -0.1) is 6.58 Å². The summed E-state index contributed by atoms with van der Waals surface area (Å²) < 4.78 is 38.5. The van der Waals surface area contributed by atoms with Gasteiger partial charge in [0.2, 0.25) is 0 Å². The Hall–Kier alpha value is -3.03. The Labute approximate surface area is 216 Å². The van der Waals surface area contributed by atoms with Crippen molar-refractivity contribution in [2.24, 2.45) is 35.5 Å². The molecule has 6 unspecified atom stereocenters. The molecule has 2 aliphatic heterocycles. The summed E-state index contributed by atoms with van der Waals surface area (Å²) in [6.07, 6.45) is 0.822. The van der Waals surface area contributed by atoms with Crippen LogP contribution in [0.5, 0.6) is 0 Å². The van der Waals surface area contributed by atoms with Crippen LogP contribution in [0.15, 0.2) is 55.3 Å². The maximum atomic E-state index is 13.3. The van der Waals surface area contributed by atoms with Crippen molar-refractivity contribution in [2.75, 3.05) is 49.1 Å². The molecule has 1 amide bonds. The summed E-state index contributed by atoms with van der Waals surface area (Å²) in [7, 11) is 0. The number of rotatable bonds is 4. The first-order valence-electron chi connectivity index (χ1n) is 13.3. The maximum absolute atomic E-state index is 13.3. The van der Waals surface area contributed by atoms with Crippen LogP contribution in [0.4, 0.5) is 24.7 Å². The van der Waals surface area contributed by atoms with Crippen LogP contribution in [0.25, 0.3) is 0 Å². The molecule has 5 nitrogen and oxygen atoms in total. The number of pyridine rings is 1. The van der Waals surface area contributed by atoms with Crippen molar-refractivity contribution in [1.82, 2.24) is 9.88 Å². The fourth-order valence-electron chi connectivity index (χ4n) is 7.19. The molecular weight excluding hydrogens is 477 g/mol. The highest BCUT2D eigenvalue weighted by molar-refractivity contribution is 5.94. The zero-order chi connectivity index (χ0) is 25.9. The lowest BCUT2D eigenvalue weighted by Crippen LogP contribution is -2.46. The SMILES string of the molecule is C=CC1C2CC2C(C)C2CN(C(=O)c3ccc(N4CCN(c5ccc(C(F)(F)F)cc5)CC4)nc3)CC12. The topological polar surface area (TPSA) is 39.7 Å². The zero-order valence-electron chi connectivity index (χ0n) is 21.1. The Kier molecular flexibility index (Phi) is 5.96. The number of likely N-dealkylation sites (tertiary alicyclic amines) is 1. The highest BCUT2D eigenvalue weighted by Gasteiger charge is 2.58. The number of alkyl halides is 3. The number of hydrogen-bond donors (Lipinski definition) is 0. The summed E-state index contributed by atoms with van der Waals surface area (Å²) in [6, 6.07) is 9.12. The first-order valence-corrected chi connectivity index (χ1v) is 13.3. The van der Waals surface area contributed by atoms with E-state index in [4.69, 9.17) is 0 Å². The number of carbonyl (C=O) groups excluding carboxylic acids is 1. The third-order valence-electron chi connectivity index (χ3n) is 9.36. The first kappa shape index (κ1) is 24.3. The molecule has 1 aromatic heterocycles. The lowest BCUT2D eigenvalue weighted by atomic mass is 9.69. The van der Waals surface area contributed by atoms with Crippen molar-refractivity contribution in [3.8, 4) is 0 Å². The molecule has 0 bridgehead atoms. The molecule has 8 heteroatoms. The lowest BCUT2D eigenvalue weighted by molar-refractivity contribution is -0.137. The monoisotopic (exact) mass is 510 g/mol. The number of fused-ring (bicyclic) bond motifs is 2. The quantitative estimate of drug-likeness (QED) is 0.530. The molecule has 4 fully saturated rings. The van der Waals surface area contributed by atoms with Gasteiger partial charge in [0.25, 0.3) is 5.91 Å². The van der Waals surface area contributed by atoms with Crippen LogP contribution in [0.2, 0.25) is 0 Å². The second kappa shape index (κ2) is 9.07. The molecule has 196 valence electrons. The van der Waals surface area contributed by atoms with Crippen LogP contribution in [-0.2, 0) is 6.18 Å². The average Bonchev–Trinajstić information content (AvgIpc) is 3.58. The number of hydrogen-bond acceptors (Lipinski definition) is 4. The molecule has 2 aliphatic carbocycles. The molecule has 4 aliphatic rings. The van der Waals surface area contributed by atoms with Gasteiger partial charge in [-0.3, -0.25) is 4.79 Å². The summed E-state index contributed by atoms with van der Waals surface area (Å²) >= 11 is 0. The number of anilines is 2. The van der Waals surface area contributed by atoms with Crippen molar-refractivity contribution >= 4 is 17.4 Å². The fourth-order valence-corrected chi connectivity index (χ4v) is 7.19. The average molecular weight is 511 g/mol. The third kappa shape index (κ3) is 4.38. The Balaban J connectivity index is 1.06. The number of allylic oxidation sites excluding steroid dienone is 1. The molecule has 3 heterocycles. The van der Waals surface area contributed by atoms with Gasteiger partial charge in [0.15, 0.2) is 0 Å². The molecule has 0 N–H and O–H groups in total. The number of piperazine rings is 1. The van der Waals surface area contributed by atoms with Crippen LogP contribution >= 0.6 is 0 Å². The van der Waals surface area contributed by atoms with Gasteiger partial charge in [-0.1, -0.05) is 13.0 Å². The highest BCUT2D eigenvalue weighted by Crippen LogP contribution is 2.61. The van der Waals surface area contributed by atoms with E-state index in [0.29, 0.717) is 55.4 Å². The van der Waals surface area contributed by atoms with E-state index in [1.54, 1.807) is 6.20 Å². The Morgan fingerprint density at radius 3 is 2.24 bits per heavy atom. The van der Waals surface area contributed by atoms with Crippen molar-refractivity contribution in [1.29, 1.82) is 0 Å². The van der Waals surface area contributed by atoms with E-state index in [1.807, 2.05) is 17.0 Å². The van der Waals surface area contributed by atoms with E-state index >= 15 is 0 Å². The molecule has 2 saturated carbocycles. The maximum Gasteiger partial charge on any atom is 0.416 e. The lowest BCUT2D eigenvalue weighted by Gasteiger charge is -2.36.